The van der Waals surface area contributed by atoms with E-state index in [9.17, 15) is 4.79 Å². The van der Waals surface area contributed by atoms with Crippen molar-refractivity contribution in [2.45, 2.75) is 20.4 Å². The third-order valence-corrected chi connectivity index (χ3v) is 3.72. The second-order valence-electron chi connectivity index (χ2n) is 4.08. The minimum absolute atomic E-state index is 0.140. The SMILES string of the molecule is Cc1cccc(N)c1C(=O)NCc1scnc1C. The van der Waals surface area contributed by atoms with E-state index in [1.807, 2.05) is 26.0 Å². The number of hydrogen-bond acceptors (Lipinski definition) is 4. The van der Waals surface area contributed by atoms with Crippen molar-refractivity contribution < 1.29 is 4.79 Å². The van der Waals surface area contributed by atoms with Gasteiger partial charge in [-0.1, -0.05) is 12.1 Å². The number of aromatic nitrogens is 1. The van der Waals surface area contributed by atoms with E-state index < -0.39 is 0 Å². The van der Waals surface area contributed by atoms with Crippen molar-refractivity contribution in [1.29, 1.82) is 0 Å². The van der Waals surface area contributed by atoms with Gasteiger partial charge in [0.05, 0.1) is 23.3 Å². The molecule has 94 valence electrons. The number of carbonyl (C=O) groups excluding carboxylic acids is 1. The van der Waals surface area contributed by atoms with E-state index in [-0.39, 0.29) is 5.91 Å². The fourth-order valence-electron chi connectivity index (χ4n) is 1.75. The topological polar surface area (TPSA) is 68.0 Å². The van der Waals surface area contributed by atoms with Crippen LogP contribution in [0.3, 0.4) is 0 Å². The molecule has 5 heteroatoms. The van der Waals surface area contributed by atoms with Crippen molar-refractivity contribution in [3.8, 4) is 0 Å². The van der Waals surface area contributed by atoms with Crippen LogP contribution < -0.4 is 11.1 Å². The molecule has 0 saturated heterocycles. The van der Waals surface area contributed by atoms with Gasteiger partial charge in [0.1, 0.15) is 0 Å². The van der Waals surface area contributed by atoms with Crippen LogP contribution in [-0.2, 0) is 6.54 Å². The van der Waals surface area contributed by atoms with Gasteiger partial charge in [0.15, 0.2) is 0 Å². The van der Waals surface area contributed by atoms with Gasteiger partial charge in [-0.05, 0) is 25.5 Å². The van der Waals surface area contributed by atoms with Gasteiger partial charge >= 0.3 is 0 Å². The van der Waals surface area contributed by atoms with Crippen LogP contribution in [0.4, 0.5) is 5.69 Å². The molecule has 0 aliphatic carbocycles. The molecular weight excluding hydrogens is 246 g/mol. The van der Waals surface area contributed by atoms with Crippen molar-refractivity contribution in [1.82, 2.24) is 10.3 Å². The van der Waals surface area contributed by atoms with E-state index in [4.69, 9.17) is 5.73 Å². The maximum atomic E-state index is 12.1. The largest absolute Gasteiger partial charge is 0.398 e. The second kappa shape index (κ2) is 5.18. The molecule has 0 unspecified atom stereocenters. The monoisotopic (exact) mass is 261 g/mol. The Labute approximate surface area is 110 Å². The van der Waals surface area contributed by atoms with Crippen LogP contribution in [0.5, 0.6) is 0 Å². The van der Waals surface area contributed by atoms with Crippen molar-refractivity contribution in [3.63, 3.8) is 0 Å². The number of thiazole rings is 1. The lowest BCUT2D eigenvalue weighted by molar-refractivity contribution is 0.0951. The van der Waals surface area contributed by atoms with E-state index in [2.05, 4.69) is 10.3 Å². The number of rotatable bonds is 3. The minimum Gasteiger partial charge on any atom is -0.398 e. The van der Waals surface area contributed by atoms with E-state index in [1.165, 1.54) is 11.3 Å². The number of benzene rings is 1. The van der Waals surface area contributed by atoms with Crippen LogP contribution in [0.1, 0.15) is 26.5 Å². The highest BCUT2D eigenvalue weighted by atomic mass is 32.1. The van der Waals surface area contributed by atoms with Gasteiger partial charge < -0.3 is 11.1 Å². The molecule has 2 rings (SSSR count). The molecular formula is C13H15N3OS. The van der Waals surface area contributed by atoms with Crippen molar-refractivity contribution in [2.24, 2.45) is 0 Å². The van der Waals surface area contributed by atoms with Crippen molar-refractivity contribution >= 4 is 22.9 Å². The lowest BCUT2D eigenvalue weighted by Crippen LogP contribution is -2.24. The van der Waals surface area contributed by atoms with Gasteiger partial charge in [0, 0.05) is 10.6 Å². The maximum absolute atomic E-state index is 12.1. The normalized spacial score (nSPS) is 10.3. The highest BCUT2D eigenvalue weighted by Crippen LogP contribution is 2.17. The molecule has 3 N–H and O–H groups in total. The Bertz CT molecular complexity index is 557. The number of nitrogens with zero attached hydrogens (tertiary/aromatic N) is 1. The molecule has 0 spiro atoms. The molecule has 0 saturated carbocycles. The van der Waals surface area contributed by atoms with Crippen molar-refractivity contribution in [2.75, 3.05) is 5.73 Å². The Morgan fingerprint density at radius 3 is 2.83 bits per heavy atom. The zero-order chi connectivity index (χ0) is 13.1. The average Bonchev–Trinajstić information content (AvgIpc) is 2.72. The van der Waals surface area contributed by atoms with Crippen molar-refractivity contribution in [3.05, 3.63) is 45.4 Å². The Morgan fingerprint density at radius 1 is 1.44 bits per heavy atom. The first-order chi connectivity index (χ1) is 8.59. The zero-order valence-electron chi connectivity index (χ0n) is 10.4. The van der Waals surface area contributed by atoms with Crippen LogP contribution in [-0.4, -0.2) is 10.9 Å². The van der Waals surface area contributed by atoms with Gasteiger partial charge in [-0.25, -0.2) is 4.98 Å². The summed E-state index contributed by atoms with van der Waals surface area (Å²) < 4.78 is 0. The van der Waals surface area contributed by atoms with Crippen LogP contribution >= 0.6 is 11.3 Å². The number of nitrogens with one attached hydrogen (secondary N) is 1. The first-order valence-electron chi connectivity index (χ1n) is 5.62. The molecule has 1 aromatic carbocycles. The Morgan fingerprint density at radius 2 is 2.22 bits per heavy atom. The zero-order valence-corrected chi connectivity index (χ0v) is 11.2. The third kappa shape index (κ3) is 2.51. The van der Waals surface area contributed by atoms with Gasteiger partial charge in [0.2, 0.25) is 0 Å². The average molecular weight is 261 g/mol. The standard InChI is InChI=1S/C13H15N3OS/c1-8-4-3-5-10(14)12(8)13(17)15-6-11-9(2)16-7-18-11/h3-5,7H,6,14H2,1-2H3,(H,15,17). The molecule has 0 fully saturated rings. The number of nitrogen functional groups attached to an aromatic ring is 1. The number of carbonyl (C=O) groups is 1. The van der Waals surface area contributed by atoms with Crippen LogP contribution in [0, 0.1) is 13.8 Å². The van der Waals surface area contributed by atoms with Crippen LogP contribution in [0.2, 0.25) is 0 Å². The summed E-state index contributed by atoms with van der Waals surface area (Å²) in [4.78, 5) is 17.3. The van der Waals surface area contributed by atoms with E-state index in [0.29, 0.717) is 17.8 Å². The molecule has 18 heavy (non-hydrogen) atoms. The summed E-state index contributed by atoms with van der Waals surface area (Å²) in [6.07, 6.45) is 0. The molecule has 1 aromatic heterocycles. The van der Waals surface area contributed by atoms with E-state index >= 15 is 0 Å². The number of nitrogens with two attached hydrogens (primary N) is 1. The van der Waals surface area contributed by atoms with Gasteiger partial charge in [0.25, 0.3) is 5.91 Å². The molecule has 2 aromatic rings. The minimum atomic E-state index is -0.140. The quantitative estimate of drug-likeness (QED) is 0.833. The number of hydrogen-bond donors (Lipinski definition) is 2. The van der Waals surface area contributed by atoms with Gasteiger partial charge in [-0.2, -0.15) is 0 Å². The smallest absolute Gasteiger partial charge is 0.253 e. The molecule has 1 amide bonds. The maximum Gasteiger partial charge on any atom is 0.253 e. The predicted molar refractivity (Wildman–Crippen MR) is 73.6 cm³/mol. The second-order valence-corrected chi connectivity index (χ2v) is 5.02. The third-order valence-electron chi connectivity index (χ3n) is 2.79. The van der Waals surface area contributed by atoms with E-state index in [0.717, 1.165) is 16.1 Å². The summed E-state index contributed by atoms with van der Waals surface area (Å²) in [6, 6.07) is 5.46. The highest BCUT2D eigenvalue weighted by molar-refractivity contribution is 7.09. The Balaban J connectivity index is 2.11. The van der Waals surface area contributed by atoms with E-state index in [1.54, 1.807) is 11.6 Å². The molecule has 0 radical (unpaired) electrons. The first-order valence-corrected chi connectivity index (χ1v) is 6.50. The lowest BCUT2D eigenvalue weighted by Gasteiger charge is -2.09. The summed E-state index contributed by atoms with van der Waals surface area (Å²) in [5, 5.41) is 2.88. The summed E-state index contributed by atoms with van der Waals surface area (Å²) in [7, 11) is 0. The van der Waals surface area contributed by atoms with Crippen LogP contribution in [0.15, 0.2) is 23.7 Å². The Kier molecular flexibility index (Phi) is 3.62. The Hall–Kier alpha value is -1.88. The highest BCUT2D eigenvalue weighted by Gasteiger charge is 2.12. The fourth-order valence-corrected chi connectivity index (χ4v) is 2.46. The number of amides is 1. The lowest BCUT2D eigenvalue weighted by atomic mass is 10.1. The molecule has 0 atom stereocenters. The van der Waals surface area contributed by atoms with Crippen LogP contribution in [0.25, 0.3) is 0 Å². The molecule has 0 bridgehead atoms. The molecule has 4 nitrogen and oxygen atoms in total. The molecule has 1 heterocycles. The molecule has 0 aliphatic rings. The number of anilines is 1. The first kappa shape index (κ1) is 12.6. The van der Waals surface area contributed by atoms with Gasteiger partial charge in [-0.15, -0.1) is 11.3 Å². The summed E-state index contributed by atoms with van der Waals surface area (Å²) in [5.74, 6) is -0.140. The number of aryl methyl sites for hydroxylation is 2. The summed E-state index contributed by atoms with van der Waals surface area (Å²) in [5.41, 5.74) is 10.5. The summed E-state index contributed by atoms with van der Waals surface area (Å²) in [6.45, 7) is 4.30. The molecule has 0 aliphatic heterocycles. The van der Waals surface area contributed by atoms with Gasteiger partial charge in [-0.3, -0.25) is 4.79 Å². The fraction of sp³-hybridized carbons (Fsp3) is 0.231. The predicted octanol–water partition coefficient (Wildman–Crippen LogP) is 2.27. The summed E-state index contributed by atoms with van der Waals surface area (Å²) >= 11 is 1.54.